The topological polar surface area (TPSA) is 9.86 Å². The predicted molar refractivity (Wildman–Crippen MR) is 180 cm³/mol. The average molecular weight is 578 g/mol. The van der Waals surface area contributed by atoms with Crippen LogP contribution in [0.3, 0.4) is 0 Å². The fourth-order valence-electron chi connectivity index (χ4n) is 6.86. The van der Waals surface area contributed by atoms with E-state index in [0.717, 1.165) is 32.2 Å². The van der Waals surface area contributed by atoms with Crippen LogP contribution in [0.2, 0.25) is 10.0 Å². The van der Waals surface area contributed by atoms with Gasteiger partial charge in [0.2, 0.25) is 0 Å². The maximum absolute atomic E-state index is 6.46. The summed E-state index contributed by atoms with van der Waals surface area (Å²) in [6.45, 7) is 0. The van der Waals surface area contributed by atoms with Crippen molar-refractivity contribution in [2.45, 2.75) is 0 Å². The number of aromatic nitrogens is 2. The monoisotopic (exact) mass is 576 g/mol. The first-order valence-electron chi connectivity index (χ1n) is 14.0. The summed E-state index contributed by atoms with van der Waals surface area (Å²) in [5.41, 5.74) is 6.98. The van der Waals surface area contributed by atoms with Crippen LogP contribution < -0.4 is 0 Å². The molecular formula is C38H22Cl2N2. The van der Waals surface area contributed by atoms with Crippen molar-refractivity contribution in [3.05, 3.63) is 144 Å². The SMILES string of the molecule is Clc1ccc2c(ccc3c4c(ccc5c6ccc7cc(Cl)ccc7c6n(-c6ccccc6)c54)n(-c4ccccc4)c23)c1. The fourth-order valence-corrected chi connectivity index (χ4v) is 7.23. The van der Waals surface area contributed by atoms with E-state index in [1.165, 1.54) is 54.4 Å². The highest BCUT2D eigenvalue weighted by Gasteiger charge is 2.23. The molecule has 0 aliphatic carbocycles. The van der Waals surface area contributed by atoms with Crippen molar-refractivity contribution in [2.75, 3.05) is 0 Å². The third-order valence-corrected chi connectivity index (χ3v) is 9.03. The van der Waals surface area contributed by atoms with Gasteiger partial charge in [-0.15, -0.1) is 0 Å². The molecule has 0 aliphatic rings. The average Bonchev–Trinajstić information content (AvgIpc) is 3.55. The van der Waals surface area contributed by atoms with Crippen molar-refractivity contribution in [3.8, 4) is 11.4 Å². The van der Waals surface area contributed by atoms with E-state index in [4.69, 9.17) is 23.2 Å². The molecular weight excluding hydrogens is 555 g/mol. The van der Waals surface area contributed by atoms with E-state index in [0.29, 0.717) is 0 Å². The molecule has 0 bridgehead atoms. The Balaban J connectivity index is 1.59. The van der Waals surface area contributed by atoms with Crippen molar-refractivity contribution in [1.82, 2.24) is 9.13 Å². The van der Waals surface area contributed by atoms with Gasteiger partial charge < -0.3 is 9.13 Å². The minimum atomic E-state index is 0.739. The van der Waals surface area contributed by atoms with Crippen molar-refractivity contribution < 1.29 is 0 Å². The van der Waals surface area contributed by atoms with E-state index in [1.807, 2.05) is 12.1 Å². The number of benzene rings is 7. The second-order valence-corrected chi connectivity index (χ2v) is 11.7. The Morgan fingerprint density at radius 3 is 1.48 bits per heavy atom. The zero-order valence-corrected chi connectivity index (χ0v) is 23.9. The molecule has 0 fully saturated rings. The number of fused-ring (bicyclic) bond motifs is 11. The van der Waals surface area contributed by atoms with Crippen LogP contribution in [0.4, 0.5) is 0 Å². The maximum Gasteiger partial charge on any atom is 0.0641 e. The molecule has 9 aromatic rings. The van der Waals surface area contributed by atoms with E-state index >= 15 is 0 Å². The Kier molecular flexibility index (Phi) is 5.05. The molecule has 198 valence electrons. The second-order valence-electron chi connectivity index (χ2n) is 10.9. The molecule has 2 nitrogen and oxygen atoms in total. The van der Waals surface area contributed by atoms with Gasteiger partial charge >= 0.3 is 0 Å². The van der Waals surface area contributed by atoms with Crippen LogP contribution in [0.15, 0.2) is 133 Å². The summed E-state index contributed by atoms with van der Waals surface area (Å²) in [6, 6.07) is 47.2. The van der Waals surface area contributed by atoms with Gasteiger partial charge in [0.1, 0.15) is 0 Å². The smallest absolute Gasteiger partial charge is 0.0641 e. The van der Waals surface area contributed by atoms with Gasteiger partial charge in [0.05, 0.1) is 22.1 Å². The molecule has 0 spiro atoms. The molecule has 7 aromatic carbocycles. The molecule has 0 aliphatic heterocycles. The van der Waals surface area contributed by atoms with Crippen molar-refractivity contribution >= 4 is 88.4 Å². The molecule has 4 heteroatoms. The van der Waals surface area contributed by atoms with E-state index < -0.39 is 0 Å². The van der Waals surface area contributed by atoms with Crippen molar-refractivity contribution in [2.24, 2.45) is 0 Å². The Morgan fingerprint density at radius 2 is 0.857 bits per heavy atom. The van der Waals surface area contributed by atoms with Crippen LogP contribution >= 0.6 is 23.2 Å². The normalized spacial score (nSPS) is 12.0. The summed E-state index contributed by atoms with van der Waals surface area (Å²) in [4.78, 5) is 0. The summed E-state index contributed by atoms with van der Waals surface area (Å²) in [5, 5.41) is 11.0. The maximum atomic E-state index is 6.46. The number of nitrogens with zero attached hydrogens (tertiary/aromatic N) is 2. The van der Waals surface area contributed by atoms with Crippen LogP contribution in [0.1, 0.15) is 0 Å². The Morgan fingerprint density at radius 1 is 0.381 bits per heavy atom. The van der Waals surface area contributed by atoms with Crippen LogP contribution in [0, 0.1) is 0 Å². The quantitative estimate of drug-likeness (QED) is 0.193. The zero-order chi connectivity index (χ0) is 27.9. The van der Waals surface area contributed by atoms with Gasteiger partial charge in [-0.1, -0.05) is 102 Å². The zero-order valence-electron chi connectivity index (χ0n) is 22.4. The number of hydrogen-bond acceptors (Lipinski definition) is 0. The highest BCUT2D eigenvalue weighted by atomic mass is 35.5. The lowest BCUT2D eigenvalue weighted by Gasteiger charge is -2.11. The fraction of sp³-hybridized carbons (Fsp3) is 0. The Bertz CT molecular complexity index is 2520. The molecule has 2 aromatic heterocycles. The summed E-state index contributed by atoms with van der Waals surface area (Å²) in [5.74, 6) is 0. The van der Waals surface area contributed by atoms with Gasteiger partial charge in [0, 0.05) is 53.7 Å². The molecule has 0 atom stereocenters. The van der Waals surface area contributed by atoms with Gasteiger partial charge in [-0.25, -0.2) is 0 Å². The number of para-hydroxylation sites is 2. The third kappa shape index (κ3) is 3.28. The lowest BCUT2D eigenvalue weighted by atomic mass is 10.0. The van der Waals surface area contributed by atoms with Crippen LogP contribution in [0.25, 0.3) is 76.5 Å². The first-order valence-corrected chi connectivity index (χ1v) is 14.8. The molecule has 0 saturated heterocycles. The minimum Gasteiger partial charge on any atom is -0.309 e. The van der Waals surface area contributed by atoms with Crippen LogP contribution in [0.5, 0.6) is 0 Å². The predicted octanol–water partition coefficient (Wildman–Crippen LogP) is 11.5. The van der Waals surface area contributed by atoms with Crippen molar-refractivity contribution in [3.63, 3.8) is 0 Å². The highest BCUT2D eigenvalue weighted by Crippen LogP contribution is 2.45. The van der Waals surface area contributed by atoms with Gasteiger partial charge in [0.25, 0.3) is 0 Å². The molecule has 0 radical (unpaired) electrons. The van der Waals surface area contributed by atoms with Crippen LogP contribution in [-0.4, -0.2) is 9.13 Å². The number of halogens is 2. The van der Waals surface area contributed by atoms with E-state index in [2.05, 4.69) is 130 Å². The van der Waals surface area contributed by atoms with Gasteiger partial charge in [-0.2, -0.15) is 0 Å². The van der Waals surface area contributed by atoms with E-state index in [9.17, 15) is 0 Å². The summed E-state index contributed by atoms with van der Waals surface area (Å²) >= 11 is 12.9. The molecule has 0 saturated carbocycles. The molecule has 0 unspecified atom stereocenters. The highest BCUT2D eigenvalue weighted by molar-refractivity contribution is 6.34. The molecule has 42 heavy (non-hydrogen) atoms. The molecule has 0 amide bonds. The first-order chi connectivity index (χ1) is 20.7. The minimum absolute atomic E-state index is 0.739. The van der Waals surface area contributed by atoms with Gasteiger partial charge in [-0.05, 0) is 65.4 Å². The lowest BCUT2D eigenvalue weighted by Crippen LogP contribution is -1.95. The number of hydrogen-bond donors (Lipinski definition) is 0. The van der Waals surface area contributed by atoms with E-state index in [-0.39, 0.29) is 0 Å². The third-order valence-electron chi connectivity index (χ3n) is 8.56. The molecule has 9 rings (SSSR count). The summed E-state index contributed by atoms with van der Waals surface area (Å²) < 4.78 is 4.86. The summed E-state index contributed by atoms with van der Waals surface area (Å²) in [7, 11) is 0. The Labute approximate surface area is 251 Å². The first kappa shape index (κ1) is 23.9. The molecule has 2 heterocycles. The largest absolute Gasteiger partial charge is 0.309 e. The van der Waals surface area contributed by atoms with Crippen molar-refractivity contribution in [1.29, 1.82) is 0 Å². The number of rotatable bonds is 2. The molecule has 0 N–H and O–H groups in total. The van der Waals surface area contributed by atoms with Gasteiger partial charge in [0.15, 0.2) is 0 Å². The van der Waals surface area contributed by atoms with Gasteiger partial charge in [-0.3, -0.25) is 0 Å². The van der Waals surface area contributed by atoms with E-state index in [1.54, 1.807) is 0 Å². The summed E-state index contributed by atoms with van der Waals surface area (Å²) in [6.07, 6.45) is 0. The second kappa shape index (κ2) is 8.87. The lowest BCUT2D eigenvalue weighted by molar-refractivity contribution is 1.18. The standard InChI is InChI=1S/C38H22Cl2N2/c39-25-13-17-29-23(21-25)11-15-31-32-19-20-34-35(38(32)42(36(29)31)28-9-5-2-6-10-28)33-16-12-24-22-26(40)14-18-30(24)37(33)41(34)27-7-3-1-4-8-27/h1-22H. The van der Waals surface area contributed by atoms with Crippen LogP contribution in [-0.2, 0) is 0 Å². The Hall–Kier alpha value is -4.76.